The van der Waals surface area contributed by atoms with Gasteiger partial charge in [-0.05, 0) is 72.1 Å². The summed E-state index contributed by atoms with van der Waals surface area (Å²) in [6.45, 7) is 7.80. The van der Waals surface area contributed by atoms with Crippen LogP contribution in [-0.4, -0.2) is 59.2 Å². The molecule has 1 amide bonds. The first-order chi connectivity index (χ1) is 21.1. The summed E-state index contributed by atoms with van der Waals surface area (Å²) in [7, 11) is -3.80. The minimum absolute atomic E-state index is 0.0721. The molecule has 1 atom stereocenters. The predicted molar refractivity (Wildman–Crippen MR) is 175 cm³/mol. The van der Waals surface area contributed by atoms with E-state index in [4.69, 9.17) is 0 Å². The average Bonchev–Trinajstić information content (AvgIpc) is 3.79. The summed E-state index contributed by atoms with van der Waals surface area (Å²) >= 11 is 0. The molecule has 44 heavy (non-hydrogen) atoms. The van der Waals surface area contributed by atoms with Crippen molar-refractivity contribution in [2.24, 2.45) is 0 Å². The van der Waals surface area contributed by atoms with E-state index in [1.807, 2.05) is 29.2 Å². The summed E-state index contributed by atoms with van der Waals surface area (Å²) in [6, 6.07) is 23.3. The van der Waals surface area contributed by atoms with Gasteiger partial charge in [-0.2, -0.15) is 4.31 Å². The van der Waals surface area contributed by atoms with E-state index in [0.29, 0.717) is 32.5 Å². The Labute approximate surface area is 259 Å². The maximum atomic E-state index is 14.1. The second kappa shape index (κ2) is 10.6. The number of carbonyl (C=O) groups is 1. The van der Waals surface area contributed by atoms with E-state index in [1.165, 1.54) is 26.2 Å². The van der Waals surface area contributed by atoms with E-state index in [2.05, 4.69) is 79.5 Å². The topological polar surface area (TPSA) is 89.3 Å². The Hall–Kier alpha value is -3.88. The summed E-state index contributed by atoms with van der Waals surface area (Å²) in [5.74, 6) is -0.0798. The molecule has 0 bridgehead atoms. The van der Waals surface area contributed by atoms with E-state index >= 15 is 0 Å². The van der Waals surface area contributed by atoms with Gasteiger partial charge in [0.2, 0.25) is 15.9 Å². The highest BCUT2D eigenvalue weighted by Gasteiger charge is 2.46. The van der Waals surface area contributed by atoms with Crippen LogP contribution in [0.15, 0.2) is 90.1 Å². The van der Waals surface area contributed by atoms with Crippen LogP contribution in [0.1, 0.15) is 63.1 Å². The van der Waals surface area contributed by atoms with Crippen molar-refractivity contribution in [1.82, 2.24) is 19.2 Å². The Morgan fingerprint density at radius 3 is 1.89 bits per heavy atom. The molecule has 8 heteroatoms. The fourth-order valence-electron chi connectivity index (χ4n) is 7.48. The minimum Gasteiger partial charge on any atom is -0.361 e. The molecule has 228 valence electrons. The molecule has 0 aliphatic carbocycles. The third-order valence-electron chi connectivity index (χ3n) is 9.95. The van der Waals surface area contributed by atoms with Crippen molar-refractivity contribution in [2.75, 3.05) is 19.6 Å². The first-order valence-corrected chi connectivity index (χ1v) is 17.1. The van der Waals surface area contributed by atoms with Gasteiger partial charge in [0.1, 0.15) is 6.04 Å². The second-order valence-corrected chi connectivity index (χ2v) is 15.3. The molecule has 2 saturated heterocycles. The van der Waals surface area contributed by atoms with E-state index in [9.17, 15) is 13.2 Å². The van der Waals surface area contributed by atoms with Crippen LogP contribution in [0.4, 0.5) is 0 Å². The normalized spacial score (nSPS) is 19.6. The van der Waals surface area contributed by atoms with Crippen molar-refractivity contribution < 1.29 is 13.2 Å². The van der Waals surface area contributed by atoms with E-state index in [-0.39, 0.29) is 21.6 Å². The summed E-state index contributed by atoms with van der Waals surface area (Å²) < 4.78 is 29.1. The number of aromatic nitrogens is 2. The van der Waals surface area contributed by atoms with Crippen LogP contribution in [0.3, 0.4) is 0 Å². The van der Waals surface area contributed by atoms with Gasteiger partial charge in [0.05, 0.1) is 4.90 Å². The highest BCUT2D eigenvalue weighted by Crippen LogP contribution is 2.47. The SMILES string of the molecule is CC(C)(C)c1ccc(S(=O)(=O)N2CCC[C@@H]2C(=O)N2CCC(c3c[nH]c4ccccc34)(c3c[nH]c4ccccc34)CC2)cc1. The van der Waals surface area contributed by atoms with Crippen LogP contribution in [0.5, 0.6) is 0 Å². The molecular formula is C36H40N4O3S. The Kier molecular flexibility index (Phi) is 6.98. The average molecular weight is 609 g/mol. The molecule has 7 nitrogen and oxygen atoms in total. The van der Waals surface area contributed by atoms with Crippen molar-refractivity contribution in [1.29, 1.82) is 0 Å². The maximum absolute atomic E-state index is 14.1. The smallest absolute Gasteiger partial charge is 0.243 e. The lowest BCUT2D eigenvalue weighted by Gasteiger charge is -2.43. The lowest BCUT2D eigenvalue weighted by atomic mass is 9.68. The zero-order chi connectivity index (χ0) is 30.7. The van der Waals surface area contributed by atoms with Gasteiger partial charge in [-0.1, -0.05) is 69.3 Å². The number of nitrogens with one attached hydrogen (secondary N) is 2. The number of benzene rings is 3. The van der Waals surface area contributed by atoms with Crippen LogP contribution in [0.2, 0.25) is 0 Å². The van der Waals surface area contributed by atoms with Crippen molar-refractivity contribution in [3.63, 3.8) is 0 Å². The van der Waals surface area contributed by atoms with Gasteiger partial charge in [-0.25, -0.2) is 8.42 Å². The van der Waals surface area contributed by atoms with E-state index in [1.54, 1.807) is 12.1 Å². The molecule has 2 N–H and O–H groups in total. The Morgan fingerprint density at radius 2 is 1.34 bits per heavy atom. The summed E-state index contributed by atoms with van der Waals surface area (Å²) in [5, 5.41) is 2.39. The molecular weight excluding hydrogens is 568 g/mol. The van der Waals surface area contributed by atoms with Crippen LogP contribution in [0.25, 0.3) is 21.8 Å². The summed E-state index contributed by atoms with van der Waals surface area (Å²) in [5.41, 5.74) is 5.39. The molecule has 0 radical (unpaired) electrons. The number of fused-ring (bicyclic) bond motifs is 2. The molecule has 2 aliphatic rings. The molecule has 5 aromatic rings. The van der Waals surface area contributed by atoms with Crippen molar-refractivity contribution in [2.45, 2.75) is 68.2 Å². The molecule has 2 fully saturated rings. The first kappa shape index (κ1) is 28.9. The van der Waals surface area contributed by atoms with Gasteiger partial charge in [0.15, 0.2) is 0 Å². The quantitative estimate of drug-likeness (QED) is 0.233. The largest absolute Gasteiger partial charge is 0.361 e. The molecule has 7 rings (SSSR count). The third-order valence-corrected chi connectivity index (χ3v) is 11.9. The number of aromatic amines is 2. The predicted octanol–water partition coefficient (Wildman–Crippen LogP) is 6.71. The number of carbonyl (C=O) groups excluding carboxylic acids is 1. The Balaban J connectivity index is 1.17. The van der Waals surface area contributed by atoms with Gasteiger partial charge in [-0.3, -0.25) is 4.79 Å². The third kappa shape index (κ3) is 4.66. The highest BCUT2D eigenvalue weighted by molar-refractivity contribution is 7.89. The van der Waals surface area contributed by atoms with Gasteiger partial charge >= 0.3 is 0 Å². The number of sulfonamides is 1. The number of H-pyrrole nitrogens is 2. The zero-order valence-electron chi connectivity index (χ0n) is 25.6. The van der Waals surface area contributed by atoms with Gasteiger partial charge in [0, 0.05) is 59.2 Å². The summed E-state index contributed by atoms with van der Waals surface area (Å²) in [4.78, 5) is 23.2. The standard InChI is InChI=1S/C36H40N4O3S/c1-35(2,3)25-14-16-26(17-15-25)44(42,43)40-20-8-13-33(40)34(41)39-21-18-36(19-22-39,29-23-37-31-11-6-4-9-27(29)31)30-24-38-32-12-7-5-10-28(30)32/h4-7,9-12,14-17,23-24,33,37-38H,8,13,18-22H2,1-3H3/t33-/m1/s1. The van der Waals surface area contributed by atoms with Crippen molar-refractivity contribution in [3.05, 3.63) is 102 Å². The number of rotatable bonds is 5. The van der Waals surface area contributed by atoms with Crippen LogP contribution in [0, 0.1) is 0 Å². The molecule has 0 spiro atoms. The molecule has 0 saturated carbocycles. The zero-order valence-corrected chi connectivity index (χ0v) is 26.5. The van der Waals surface area contributed by atoms with E-state index < -0.39 is 16.1 Å². The van der Waals surface area contributed by atoms with Crippen LogP contribution in [-0.2, 0) is 25.6 Å². The molecule has 4 heterocycles. The fourth-order valence-corrected chi connectivity index (χ4v) is 9.13. The number of likely N-dealkylation sites (tertiary alicyclic amines) is 1. The van der Waals surface area contributed by atoms with E-state index in [0.717, 1.165) is 29.4 Å². The lowest BCUT2D eigenvalue weighted by Crippen LogP contribution is -2.52. The number of hydrogen-bond acceptors (Lipinski definition) is 3. The monoisotopic (exact) mass is 608 g/mol. The first-order valence-electron chi connectivity index (χ1n) is 15.6. The Bertz CT molecular complexity index is 1860. The number of nitrogens with zero attached hydrogens (tertiary/aromatic N) is 2. The number of hydrogen-bond donors (Lipinski definition) is 2. The fraction of sp³-hybridized carbons (Fsp3) is 0.361. The van der Waals surface area contributed by atoms with Crippen LogP contribution < -0.4 is 0 Å². The Morgan fingerprint density at radius 1 is 0.795 bits per heavy atom. The molecule has 0 unspecified atom stereocenters. The molecule has 2 aliphatic heterocycles. The minimum atomic E-state index is -3.80. The number of para-hydroxylation sites is 2. The van der Waals surface area contributed by atoms with Crippen LogP contribution >= 0.6 is 0 Å². The van der Waals surface area contributed by atoms with Crippen molar-refractivity contribution in [3.8, 4) is 0 Å². The lowest BCUT2D eigenvalue weighted by molar-refractivity contribution is -0.136. The number of amides is 1. The molecule has 2 aromatic heterocycles. The maximum Gasteiger partial charge on any atom is 0.243 e. The second-order valence-electron chi connectivity index (χ2n) is 13.5. The van der Waals surface area contributed by atoms with Gasteiger partial charge in [0.25, 0.3) is 0 Å². The summed E-state index contributed by atoms with van der Waals surface area (Å²) in [6.07, 6.45) is 7.00. The van der Waals surface area contributed by atoms with Crippen molar-refractivity contribution >= 4 is 37.7 Å². The van der Waals surface area contributed by atoms with Gasteiger partial charge < -0.3 is 14.9 Å². The van der Waals surface area contributed by atoms with Gasteiger partial charge in [-0.15, -0.1) is 0 Å². The number of piperidine rings is 1. The molecule has 3 aromatic carbocycles. The highest BCUT2D eigenvalue weighted by atomic mass is 32.2.